The highest BCUT2D eigenvalue weighted by molar-refractivity contribution is 7.10. The van der Waals surface area contributed by atoms with E-state index in [0.29, 0.717) is 18.5 Å². The second kappa shape index (κ2) is 9.21. The van der Waals surface area contributed by atoms with Crippen LogP contribution in [0.1, 0.15) is 54.0 Å². The molecule has 0 bridgehead atoms. The summed E-state index contributed by atoms with van der Waals surface area (Å²) in [5.41, 5.74) is 2.19. The third kappa shape index (κ3) is 4.94. The second-order valence-corrected chi connectivity index (χ2v) is 8.21. The van der Waals surface area contributed by atoms with Gasteiger partial charge in [0.25, 0.3) is 0 Å². The van der Waals surface area contributed by atoms with Gasteiger partial charge < -0.3 is 15.0 Å². The molecular formula is C22H24N2O5S. The average Bonchev–Trinajstić information content (AvgIpc) is 3.35. The van der Waals surface area contributed by atoms with E-state index in [1.54, 1.807) is 23.1 Å². The van der Waals surface area contributed by atoms with Crippen LogP contribution in [0.4, 0.5) is 5.69 Å². The molecule has 1 aromatic heterocycles. The first-order valence-corrected chi connectivity index (χ1v) is 10.6. The standard InChI is InChI=1S/C22H24N2O5S/c1-13(29-21(27)12-18(23-14(2)25)20-5-4-10-30-20)22(28)17-6-7-19-16(11-17)8-9-24(19)15(3)26/h4-7,10-11,13,18H,8-9,12H2,1-3H3,(H,23,25). The molecule has 0 aliphatic carbocycles. The van der Waals surface area contributed by atoms with E-state index in [0.717, 1.165) is 16.1 Å². The van der Waals surface area contributed by atoms with Gasteiger partial charge in [-0.2, -0.15) is 0 Å². The first-order chi connectivity index (χ1) is 14.3. The van der Waals surface area contributed by atoms with E-state index in [4.69, 9.17) is 4.74 Å². The van der Waals surface area contributed by atoms with E-state index < -0.39 is 18.1 Å². The molecule has 0 saturated carbocycles. The molecule has 0 radical (unpaired) electrons. The number of hydrogen-bond donors (Lipinski definition) is 1. The number of Topliss-reactive ketones (excluding diaryl/α,β-unsaturated/α-hetero) is 1. The van der Waals surface area contributed by atoms with Gasteiger partial charge >= 0.3 is 5.97 Å². The highest BCUT2D eigenvalue weighted by Crippen LogP contribution is 2.29. The molecule has 1 N–H and O–H groups in total. The second-order valence-electron chi connectivity index (χ2n) is 7.23. The predicted molar refractivity (Wildman–Crippen MR) is 114 cm³/mol. The lowest BCUT2D eigenvalue weighted by Gasteiger charge is -2.18. The minimum atomic E-state index is -0.956. The molecule has 7 nitrogen and oxygen atoms in total. The van der Waals surface area contributed by atoms with E-state index in [2.05, 4.69) is 5.32 Å². The Morgan fingerprint density at radius 3 is 2.60 bits per heavy atom. The van der Waals surface area contributed by atoms with Crippen molar-refractivity contribution >= 4 is 40.6 Å². The first-order valence-electron chi connectivity index (χ1n) is 9.71. The van der Waals surface area contributed by atoms with Gasteiger partial charge in [0.05, 0.1) is 12.5 Å². The number of thiophene rings is 1. The zero-order valence-electron chi connectivity index (χ0n) is 17.1. The first kappa shape index (κ1) is 21.7. The lowest BCUT2D eigenvalue weighted by atomic mass is 10.0. The molecule has 1 aliphatic heterocycles. The Bertz CT molecular complexity index is 970. The maximum absolute atomic E-state index is 12.8. The Kier molecular flexibility index (Phi) is 6.66. The topological polar surface area (TPSA) is 92.8 Å². The van der Waals surface area contributed by atoms with Gasteiger partial charge in [-0.25, -0.2) is 0 Å². The zero-order chi connectivity index (χ0) is 21.8. The molecular weight excluding hydrogens is 404 g/mol. The van der Waals surface area contributed by atoms with Crippen LogP contribution in [0, 0.1) is 0 Å². The number of ketones is 1. The van der Waals surface area contributed by atoms with Gasteiger partial charge in [-0.05, 0) is 48.6 Å². The maximum atomic E-state index is 12.8. The van der Waals surface area contributed by atoms with Gasteiger partial charge in [-0.15, -0.1) is 11.3 Å². The van der Waals surface area contributed by atoms with Crippen LogP contribution in [0.5, 0.6) is 0 Å². The largest absolute Gasteiger partial charge is 0.454 e. The molecule has 2 amide bonds. The van der Waals surface area contributed by atoms with Crippen molar-refractivity contribution in [3.05, 3.63) is 51.7 Å². The van der Waals surface area contributed by atoms with E-state index in [-0.39, 0.29) is 24.0 Å². The smallest absolute Gasteiger partial charge is 0.308 e. The summed E-state index contributed by atoms with van der Waals surface area (Å²) in [7, 11) is 0. The minimum absolute atomic E-state index is 0.0328. The third-order valence-corrected chi connectivity index (χ3v) is 5.94. The number of benzene rings is 1. The summed E-state index contributed by atoms with van der Waals surface area (Å²) in [5, 5.41) is 4.61. The molecule has 2 aromatic rings. The van der Waals surface area contributed by atoms with Crippen molar-refractivity contribution in [3.63, 3.8) is 0 Å². The van der Waals surface area contributed by atoms with Crippen molar-refractivity contribution in [2.24, 2.45) is 0 Å². The molecule has 0 saturated heterocycles. The van der Waals surface area contributed by atoms with Gasteiger partial charge in [-0.3, -0.25) is 19.2 Å². The number of esters is 1. The summed E-state index contributed by atoms with van der Waals surface area (Å²) < 4.78 is 5.36. The van der Waals surface area contributed by atoms with Gasteiger partial charge in [0.2, 0.25) is 17.6 Å². The molecule has 0 spiro atoms. The van der Waals surface area contributed by atoms with Crippen LogP contribution >= 0.6 is 11.3 Å². The fourth-order valence-corrected chi connectivity index (χ4v) is 4.32. The SMILES string of the molecule is CC(=O)NC(CC(=O)OC(C)C(=O)c1ccc2c(c1)CCN2C(C)=O)c1cccs1. The van der Waals surface area contributed by atoms with Crippen LogP contribution in [0.25, 0.3) is 0 Å². The zero-order valence-corrected chi connectivity index (χ0v) is 18.0. The van der Waals surface area contributed by atoms with Gasteiger partial charge in [-0.1, -0.05) is 6.07 Å². The highest BCUT2D eigenvalue weighted by Gasteiger charge is 2.26. The number of nitrogens with zero attached hydrogens (tertiary/aromatic N) is 1. The van der Waals surface area contributed by atoms with Crippen LogP contribution in [0.15, 0.2) is 35.7 Å². The molecule has 2 atom stereocenters. The maximum Gasteiger partial charge on any atom is 0.308 e. The number of amides is 2. The van der Waals surface area contributed by atoms with Crippen LogP contribution in [-0.2, 0) is 25.5 Å². The van der Waals surface area contributed by atoms with E-state index in [1.165, 1.54) is 32.1 Å². The Labute approximate surface area is 179 Å². The lowest BCUT2D eigenvalue weighted by molar-refractivity contribution is -0.147. The average molecular weight is 429 g/mol. The van der Waals surface area contributed by atoms with Crippen molar-refractivity contribution in [1.82, 2.24) is 5.32 Å². The molecule has 1 aliphatic rings. The molecule has 158 valence electrons. The molecule has 8 heteroatoms. The van der Waals surface area contributed by atoms with E-state index in [1.807, 2.05) is 17.5 Å². The Morgan fingerprint density at radius 2 is 1.97 bits per heavy atom. The van der Waals surface area contributed by atoms with Crippen LogP contribution in [0.2, 0.25) is 0 Å². The van der Waals surface area contributed by atoms with Crippen LogP contribution in [0.3, 0.4) is 0 Å². The fraction of sp³-hybridized carbons (Fsp3) is 0.364. The summed E-state index contributed by atoms with van der Waals surface area (Å²) in [6.07, 6.45) is -0.332. The Morgan fingerprint density at radius 1 is 1.20 bits per heavy atom. The number of hydrogen-bond acceptors (Lipinski definition) is 6. The predicted octanol–water partition coefficient (Wildman–Crippen LogP) is 3.04. The number of rotatable bonds is 7. The molecule has 3 rings (SSSR count). The van der Waals surface area contributed by atoms with Crippen LogP contribution in [-0.4, -0.2) is 36.2 Å². The number of ether oxygens (including phenoxy) is 1. The molecule has 2 unspecified atom stereocenters. The van der Waals surface area contributed by atoms with Crippen molar-refractivity contribution in [1.29, 1.82) is 0 Å². The lowest BCUT2D eigenvalue weighted by Crippen LogP contribution is -2.30. The normalized spacial score (nSPS) is 14.6. The summed E-state index contributed by atoms with van der Waals surface area (Å²) in [6, 6.07) is 8.36. The number of carbonyl (C=O) groups excluding carboxylic acids is 4. The Hall–Kier alpha value is -3.00. The van der Waals surface area contributed by atoms with Crippen molar-refractivity contribution in [2.75, 3.05) is 11.4 Å². The van der Waals surface area contributed by atoms with Gasteiger partial charge in [0.15, 0.2) is 6.10 Å². The fourth-order valence-electron chi connectivity index (χ4n) is 3.54. The molecule has 0 fully saturated rings. The monoisotopic (exact) mass is 428 g/mol. The van der Waals surface area contributed by atoms with Crippen molar-refractivity contribution in [3.8, 4) is 0 Å². The Balaban J connectivity index is 1.64. The van der Waals surface area contributed by atoms with E-state index >= 15 is 0 Å². The van der Waals surface area contributed by atoms with Gasteiger partial charge in [0.1, 0.15) is 0 Å². The quantitative estimate of drug-likeness (QED) is 0.541. The molecule has 30 heavy (non-hydrogen) atoms. The van der Waals surface area contributed by atoms with Crippen molar-refractivity contribution in [2.45, 2.75) is 45.8 Å². The van der Waals surface area contributed by atoms with Gasteiger partial charge in [0, 0.05) is 36.5 Å². The molecule has 2 heterocycles. The number of anilines is 1. The number of fused-ring (bicyclic) bond motifs is 1. The third-order valence-electron chi connectivity index (χ3n) is 4.95. The summed E-state index contributed by atoms with van der Waals surface area (Å²) >= 11 is 1.43. The summed E-state index contributed by atoms with van der Waals surface area (Å²) in [4.78, 5) is 50.8. The van der Waals surface area contributed by atoms with Crippen molar-refractivity contribution < 1.29 is 23.9 Å². The molecule has 1 aromatic carbocycles. The summed E-state index contributed by atoms with van der Waals surface area (Å²) in [6.45, 7) is 5.03. The van der Waals surface area contributed by atoms with Crippen LogP contribution < -0.4 is 10.2 Å². The van der Waals surface area contributed by atoms with E-state index in [9.17, 15) is 19.2 Å². The number of nitrogens with one attached hydrogen (secondary N) is 1. The highest BCUT2D eigenvalue weighted by atomic mass is 32.1. The number of carbonyl (C=O) groups is 4. The summed E-state index contributed by atoms with van der Waals surface area (Å²) in [5.74, 6) is -1.15. The minimum Gasteiger partial charge on any atom is -0.454 e.